The summed E-state index contributed by atoms with van der Waals surface area (Å²) in [5.74, 6) is -0.343. The molecular formula is C20H12F6N6O. The summed E-state index contributed by atoms with van der Waals surface area (Å²) in [4.78, 5) is 3.98. The number of hydrogen-bond donors (Lipinski definition) is 2. The molecule has 0 saturated heterocycles. The number of nitriles is 2. The predicted octanol–water partition coefficient (Wildman–Crippen LogP) is 3.88. The fraction of sp³-hybridized carbons (Fsp3) is 0.200. The molecule has 3 N–H and O–H groups in total. The Balaban J connectivity index is 2.14. The van der Waals surface area contributed by atoms with Crippen LogP contribution < -0.4 is 5.73 Å². The van der Waals surface area contributed by atoms with Gasteiger partial charge in [-0.05, 0) is 17.7 Å². The third-order valence-electron chi connectivity index (χ3n) is 4.59. The van der Waals surface area contributed by atoms with Crippen molar-refractivity contribution in [2.75, 3.05) is 5.73 Å². The van der Waals surface area contributed by atoms with Crippen molar-refractivity contribution < 1.29 is 31.4 Å². The van der Waals surface area contributed by atoms with Gasteiger partial charge in [0.05, 0.1) is 29.6 Å². The number of pyridine rings is 1. The standard InChI is InChI=1S/C20H12F6N6O/c21-19(22,23)12-3-1-10(2-4-12)16-13(5-27)17(31-18(29)14(16)6-28)11-7-30-32(8-11)9-15(33)20(24,25)26/h1-4,7-8,15,33H,9H2,(H2,29,31)/t15-/m0/s1. The summed E-state index contributed by atoms with van der Waals surface area (Å²) < 4.78 is 77.3. The van der Waals surface area contributed by atoms with Gasteiger partial charge >= 0.3 is 12.4 Å². The first-order valence-electron chi connectivity index (χ1n) is 8.95. The zero-order valence-electron chi connectivity index (χ0n) is 16.3. The van der Waals surface area contributed by atoms with Gasteiger partial charge in [-0.1, -0.05) is 12.1 Å². The van der Waals surface area contributed by atoms with E-state index in [0.717, 1.165) is 41.3 Å². The van der Waals surface area contributed by atoms with Crippen LogP contribution >= 0.6 is 0 Å². The lowest BCUT2D eigenvalue weighted by atomic mass is 9.92. The van der Waals surface area contributed by atoms with Gasteiger partial charge in [0.2, 0.25) is 0 Å². The van der Waals surface area contributed by atoms with E-state index in [1.807, 2.05) is 6.07 Å². The lowest BCUT2D eigenvalue weighted by Gasteiger charge is -2.14. The van der Waals surface area contributed by atoms with Crippen LogP contribution in [-0.2, 0) is 12.7 Å². The second-order valence-corrected chi connectivity index (χ2v) is 6.78. The minimum absolute atomic E-state index is 0.0466. The summed E-state index contributed by atoms with van der Waals surface area (Å²) in [6.45, 7) is -0.928. The number of hydrogen-bond acceptors (Lipinski definition) is 6. The quantitative estimate of drug-likeness (QED) is 0.563. The third kappa shape index (κ3) is 4.73. The Kier molecular flexibility index (Phi) is 6.03. The number of nitrogens with zero attached hydrogens (tertiary/aromatic N) is 5. The van der Waals surface area contributed by atoms with Crippen LogP contribution in [0.5, 0.6) is 0 Å². The van der Waals surface area contributed by atoms with E-state index in [2.05, 4.69) is 10.1 Å². The van der Waals surface area contributed by atoms with Crippen LogP contribution in [0.4, 0.5) is 32.2 Å². The number of benzene rings is 1. The molecular weight excluding hydrogens is 454 g/mol. The maximum atomic E-state index is 12.9. The smallest absolute Gasteiger partial charge is 0.383 e. The van der Waals surface area contributed by atoms with Gasteiger partial charge in [0.1, 0.15) is 23.5 Å². The highest BCUT2D eigenvalue weighted by molar-refractivity contribution is 5.86. The van der Waals surface area contributed by atoms with E-state index < -0.39 is 30.6 Å². The summed E-state index contributed by atoms with van der Waals surface area (Å²) in [5, 5.41) is 32.2. The van der Waals surface area contributed by atoms with Gasteiger partial charge in [0.15, 0.2) is 6.10 Å². The number of aromatic nitrogens is 3. The van der Waals surface area contributed by atoms with Crippen molar-refractivity contribution in [3.05, 3.63) is 53.3 Å². The molecule has 33 heavy (non-hydrogen) atoms. The van der Waals surface area contributed by atoms with E-state index in [-0.39, 0.29) is 39.3 Å². The van der Waals surface area contributed by atoms with Crippen molar-refractivity contribution in [2.45, 2.75) is 25.0 Å². The van der Waals surface area contributed by atoms with Gasteiger partial charge < -0.3 is 10.8 Å². The Morgan fingerprint density at radius 3 is 2.12 bits per heavy atom. The van der Waals surface area contributed by atoms with Gasteiger partial charge in [0.25, 0.3) is 0 Å². The first-order chi connectivity index (χ1) is 15.4. The summed E-state index contributed by atoms with van der Waals surface area (Å²) in [6, 6.07) is 7.25. The molecule has 3 aromatic rings. The first kappa shape index (κ1) is 23.6. The average molecular weight is 466 g/mol. The fourth-order valence-electron chi connectivity index (χ4n) is 3.02. The van der Waals surface area contributed by atoms with Crippen LogP contribution in [0, 0.1) is 22.7 Å². The van der Waals surface area contributed by atoms with Crippen molar-refractivity contribution >= 4 is 5.82 Å². The highest BCUT2D eigenvalue weighted by Gasteiger charge is 2.38. The van der Waals surface area contributed by atoms with Crippen molar-refractivity contribution in [1.82, 2.24) is 14.8 Å². The third-order valence-corrected chi connectivity index (χ3v) is 4.59. The van der Waals surface area contributed by atoms with Gasteiger partial charge in [-0.25, -0.2) is 4.98 Å². The van der Waals surface area contributed by atoms with Crippen LogP contribution in [0.25, 0.3) is 22.4 Å². The molecule has 0 aliphatic rings. The molecule has 170 valence electrons. The van der Waals surface area contributed by atoms with Gasteiger partial charge in [-0.2, -0.15) is 42.0 Å². The molecule has 2 aromatic heterocycles. The number of nitrogen functional groups attached to an aromatic ring is 1. The second kappa shape index (κ2) is 8.44. The number of anilines is 1. The number of rotatable bonds is 4. The van der Waals surface area contributed by atoms with Crippen molar-refractivity contribution in [2.24, 2.45) is 0 Å². The lowest BCUT2D eigenvalue weighted by molar-refractivity contribution is -0.208. The Hall–Kier alpha value is -4.10. The first-order valence-corrected chi connectivity index (χ1v) is 8.95. The molecule has 1 aromatic carbocycles. The molecule has 0 unspecified atom stereocenters. The largest absolute Gasteiger partial charge is 0.416 e. The van der Waals surface area contributed by atoms with E-state index in [1.165, 1.54) is 0 Å². The average Bonchev–Trinajstić information content (AvgIpc) is 3.20. The monoisotopic (exact) mass is 466 g/mol. The Bertz CT molecular complexity index is 1260. The molecule has 3 rings (SSSR count). The Morgan fingerprint density at radius 2 is 1.61 bits per heavy atom. The molecule has 13 heteroatoms. The number of nitrogens with two attached hydrogens (primary N) is 1. The molecule has 0 spiro atoms. The predicted molar refractivity (Wildman–Crippen MR) is 102 cm³/mol. The zero-order chi connectivity index (χ0) is 24.6. The van der Waals surface area contributed by atoms with Crippen LogP contribution in [0.3, 0.4) is 0 Å². The number of aliphatic hydroxyl groups is 1. The minimum Gasteiger partial charge on any atom is -0.383 e. The zero-order valence-corrected chi connectivity index (χ0v) is 16.3. The van der Waals surface area contributed by atoms with Crippen LogP contribution in [0.15, 0.2) is 36.7 Å². The van der Waals surface area contributed by atoms with Crippen molar-refractivity contribution in [1.29, 1.82) is 10.5 Å². The molecule has 0 radical (unpaired) electrons. The molecule has 0 amide bonds. The SMILES string of the molecule is N#Cc1c(N)nc(-c2cnn(C[C@H](O)C(F)(F)F)c2)c(C#N)c1-c1ccc(C(F)(F)F)cc1. The van der Waals surface area contributed by atoms with Gasteiger partial charge in [-0.3, -0.25) is 4.68 Å². The molecule has 0 aliphatic carbocycles. The van der Waals surface area contributed by atoms with Crippen LogP contribution in [-0.4, -0.2) is 32.2 Å². The molecule has 0 bridgehead atoms. The maximum absolute atomic E-state index is 12.9. The van der Waals surface area contributed by atoms with Crippen molar-refractivity contribution in [3.8, 4) is 34.5 Å². The highest BCUT2D eigenvalue weighted by atomic mass is 19.4. The topological polar surface area (TPSA) is 125 Å². The van der Waals surface area contributed by atoms with Gasteiger partial charge in [0, 0.05) is 17.3 Å². The summed E-state index contributed by atoms with van der Waals surface area (Å²) in [6.07, 6.45) is -10.0. The summed E-state index contributed by atoms with van der Waals surface area (Å²) in [5.41, 5.74) is 4.29. The summed E-state index contributed by atoms with van der Waals surface area (Å²) >= 11 is 0. The van der Waals surface area contributed by atoms with E-state index in [1.54, 1.807) is 6.07 Å². The highest BCUT2D eigenvalue weighted by Crippen LogP contribution is 2.37. The van der Waals surface area contributed by atoms with Crippen LogP contribution in [0.2, 0.25) is 0 Å². The number of aliphatic hydroxyl groups excluding tert-OH is 1. The Labute approximate surface area is 181 Å². The lowest BCUT2D eigenvalue weighted by Crippen LogP contribution is -2.32. The maximum Gasteiger partial charge on any atom is 0.416 e. The minimum atomic E-state index is -4.88. The molecule has 0 fully saturated rings. The van der Waals surface area contributed by atoms with Crippen LogP contribution in [0.1, 0.15) is 16.7 Å². The summed E-state index contributed by atoms with van der Waals surface area (Å²) in [7, 11) is 0. The normalized spacial score (nSPS) is 12.8. The second-order valence-electron chi connectivity index (χ2n) is 6.78. The molecule has 1 atom stereocenters. The molecule has 2 heterocycles. The van der Waals surface area contributed by atoms with E-state index in [4.69, 9.17) is 5.73 Å². The fourth-order valence-corrected chi connectivity index (χ4v) is 3.02. The number of halogens is 6. The van der Waals surface area contributed by atoms with E-state index in [0.29, 0.717) is 0 Å². The molecule has 7 nitrogen and oxygen atoms in total. The van der Waals surface area contributed by atoms with Crippen molar-refractivity contribution in [3.63, 3.8) is 0 Å². The molecule has 0 saturated carbocycles. The van der Waals surface area contributed by atoms with E-state index in [9.17, 15) is 42.0 Å². The molecule has 0 aliphatic heterocycles. The Morgan fingerprint density at radius 1 is 1.00 bits per heavy atom. The van der Waals surface area contributed by atoms with E-state index >= 15 is 0 Å². The number of alkyl halides is 6. The van der Waals surface area contributed by atoms with Gasteiger partial charge in [-0.15, -0.1) is 0 Å².